The quantitative estimate of drug-likeness (QED) is 0.0934. The zero-order valence-corrected chi connectivity index (χ0v) is 35.8. The molecule has 0 aliphatic heterocycles. The third-order valence-electron chi connectivity index (χ3n) is 8.67. The van der Waals surface area contributed by atoms with Crippen LogP contribution in [0.2, 0.25) is 0 Å². The van der Waals surface area contributed by atoms with Gasteiger partial charge < -0.3 is 0 Å². The minimum absolute atomic E-state index is 0. The summed E-state index contributed by atoms with van der Waals surface area (Å²) in [6, 6.07) is 47.0. The molecule has 9 heteroatoms. The molecule has 0 bridgehead atoms. The molecular weight excluding hydrogens is 1040 g/mol. The van der Waals surface area contributed by atoms with Crippen LogP contribution >= 0.6 is 95.6 Å². The molecule has 0 fully saturated rings. The third kappa shape index (κ3) is 7.59. The summed E-state index contributed by atoms with van der Waals surface area (Å²) < 4.78 is 6.28. The maximum atomic E-state index is 10.0. The molecule has 9 aromatic rings. The monoisotopic (exact) mass is 1060 g/mol. The second kappa shape index (κ2) is 16.5. The number of fused-ring (bicyclic) bond motifs is 12. The van der Waals surface area contributed by atoms with E-state index in [1.165, 1.54) is 76.8 Å². The molecule has 9 aromatic carbocycles. The van der Waals surface area contributed by atoms with Crippen molar-refractivity contribution >= 4 is 166 Å². The van der Waals surface area contributed by atoms with Gasteiger partial charge in [-0.15, -0.1) is 0 Å². The van der Waals surface area contributed by atoms with Gasteiger partial charge in [0.1, 0.15) is 0 Å². The molecule has 0 spiro atoms. The van der Waals surface area contributed by atoms with Gasteiger partial charge in [0.2, 0.25) is 0 Å². The summed E-state index contributed by atoms with van der Waals surface area (Å²) in [6.45, 7) is 0. The molecule has 0 aliphatic carbocycles. The molecule has 0 radical (unpaired) electrons. The number of para-hydroxylation sites is 1. The summed E-state index contributed by atoms with van der Waals surface area (Å²) in [5, 5.41) is 25.3. The van der Waals surface area contributed by atoms with Gasteiger partial charge in [0, 0.05) is 39.0 Å². The number of nitro benzene ring substituents is 1. The Morgan fingerprint density at radius 1 is 0.327 bits per heavy atom. The summed E-state index contributed by atoms with van der Waals surface area (Å²) in [5.74, 6) is 0. The lowest BCUT2D eigenvalue weighted by Crippen LogP contribution is -1.86. The minimum Gasteiger partial charge on any atom is -0.258 e. The summed E-state index contributed by atoms with van der Waals surface area (Å²) in [6.07, 6.45) is 0. The summed E-state index contributed by atoms with van der Waals surface area (Å²) in [5.41, 5.74) is 0.137. The van der Waals surface area contributed by atoms with Crippen molar-refractivity contribution in [1.29, 1.82) is 0 Å². The molecule has 0 saturated carbocycles. The fraction of sp³-hybridized carbons (Fsp3) is 0.0233. The Labute approximate surface area is 351 Å². The van der Waals surface area contributed by atoms with Crippen LogP contribution in [0.25, 0.3) is 64.6 Å². The zero-order chi connectivity index (χ0) is 35.8. The maximum Gasteiger partial charge on any atom is 0.269 e. The largest absolute Gasteiger partial charge is 0.269 e. The van der Waals surface area contributed by atoms with E-state index < -0.39 is 4.92 Å². The number of hydrogen-bond donors (Lipinski definition) is 0. The highest BCUT2D eigenvalue weighted by Crippen LogP contribution is 2.43. The number of hydrogen-bond acceptors (Lipinski definition) is 2. The predicted molar refractivity (Wildman–Crippen MR) is 244 cm³/mol. The van der Waals surface area contributed by atoms with Gasteiger partial charge in [-0.3, -0.25) is 10.1 Å². The normalized spacial score (nSPS) is 10.9. The van der Waals surface area contributed by atoms with E-state index in [9.17, 15) is 10.1 Å². The lowest BCUT2D eigenvalue weighted by atomic mass is 9.94. The van der Waals surface area contributed by atoms with Crippen LogP contribution in [0.3, 0.4) is 0 Å². The van der Waals surface area contributed by atoms with Crippen molar-refractivity contribution in [3.05, 3.63) is 176 Å². The molecule has 0 atom stereocenters. The second-order valence-corrected chi connectivity index (χ2v) is 16.8. The molecule has 0 amide bonds. The standard InChI is InChI=1S/C18H6Br6.C18H12.C6H5NO2.CH4/c19-13-1-7-8(2-14(13)20)10-4-17(23)18(24)6-12(10)11-5-16(22)15(21)3-9(7)11;1-2-8-14-13(7-1)15-9-3-4-11-17(15)18-12-6-5-10-16(14)18;8-7(9)6-4-2-1-3-5-6;/h1-6H;1-12H;1-5H;1H4. The van der Waals surface area contributed by atoms with Crippen LogP contribution in [-0.4, -0.2) is 4.92 Å². The Morgan fingerprint density at radius 2 is 0.519 bits per heavy atom. The fourth-order valence-electron chi connectivity index (χ4n) is 6.39. The fourth-order valence-corrected chi connectivity index (χ4v) is 8.45. The van der Waals surface area contributed by atoms with Gasteiger partial charge in [-0.05, 0) is 197 Å². The van der Waals surface area contributed by atoms with Gasteiger partial charge in [0.15, 0.2) is 0 Å². The third-order valence-corrected chi connectivity index (χ3v) is 14.2. The molecule has 0 aliphatic rings. The Kier molecular flexibility index (Phi) is 12.2. The first kappa shape index (κ1) is 38.5. The number of nitro groups is 1. The van der Waals surface area contributed by atoms with Gasteiger partial charge in [-0.2, -0.15) is 0 Å². The average Bonchev–Trinajstić information content (AvgIpc) is 3.15. The van der Waals surface area contributed by atoms with Crippen molar-refractivity contribution in [2.75, 3.05) is 0 Å². The van der Waals surface area contributed by atoms with E-state index in [1.54, 1.807) is 18.2 Å². The Balaban J connectivity index is 0.000000146. The summed E-state index contributed by atoms with van der Waals surface area (Å²) >= 11 is 21.8. The molecule has 9 rings (SSSR count). The molecule has 3 nitrogen and oxygen atoms in total. The van der Waals surface area contributed by atoms with Crippen molar-refractivity contribution in [2.24, 2.45) is 0 Å². The lowest BCUT2D eigenvalue weighted by Gasteiger charge is -2.14. The number of rotatable bonds is 1. The van der Waals surface area contributed by atoms with Crippen LogP contribution in [-0.2, 0) is 0 Å². The van der Waals surface area contributed by atoms with Crippen molar-refractivity contribution in [3.8, 4) is 0 Å². The van der Waals surface area contributed by atoms with Gasteiger partial charge in [0.05, 0.1) is 4.92 Å². The van der Waals surface area contributed by atoms with E-state index in [1.807, 2.05) is 0 Å². The van der Waals surface area contributed by atoms with Gasteiger partial charge in [-0.25, -0.2) is 0 Å². The van der Waals surface area contributed by atoms with E-state index >= 15 is 0 Å². The molecule has 0 heterocycles. The average molecular weight is 1070 g/mol. The van der Waals surface area contributed by atoms with Crippen LogP contribution in [0.4, 0.5) is 5.69 Å². The van der Waals surface area contributed by atoms with Crippen LogP contribution in [0.1, 0.15) is 7.43 Å². The van der Waals surface area contributed by atoms with Crippen molar-refractivity contribution in [2.45, 2.75) is 7.43 Å². The zero-order valence-electron chi connectivity index (χ0n) is 26.3. The van der Waals surface area contributed by atoms with Crippen LogP contribution in [0.15, 0.2) is 166 Å². The Hall–Kier alpha value is -3.18. The van der Waals surface area contributed by atoms with Crippen molar-refractivity contribution in [1.82, 2.24) is 0 Å². The highest BCUT2D eigenvalue weighted by Gasteiger charge is 2.14. The first-order valence-electron chi connectivity index (χ1n) is 15.6. The van der Waals surface area contributed by atoms with Crippen LogP contribution < -0.4 is 0 Å². The predicted octanol–water partition coefficient (Wildman–Crippen LogP) is 17.1. The number of non-ortho nitro benzene ring substituents is 1. The molecule has 0 aromatic heterocycles. The smallest absolute Gasteiger partial charge is 0.258 e. The summed E-state index contributed by atoms with van der Waals surface area (Å²) in [7, 11) is 0. The van der Waals surface area contributed by atoms with Crippen LogP contribution in [0, 0.1) is 10.1 Å². The van der Waals surface area contributed by atoms with E-state index in [0.717, 1.165) is 26.8 Å². The molecule has 0 unspecified atom stereocenters. The highest BCUT2D eigenvalue weighted by atomic mass is 79.9. The van der Waals surface area contributed by atoms with Crippen molar-refractivity contribution in [3.63, 3.8) is 0 Å². The number of benzene rings is 9. The van der Waals surface area contributed by atoms with Gasteiger partial charge in [-0.1, -0.05) is 98.4 Å². The molecular formula is C43H27Br6NO2. The van der Waals surface area contributed by atoms with E-state index in [-0.39, 0.29) is 13.1 Å². The Bertz CT molecular complexity index is 2320. The molecule has 52 heavy (non-hydrogen) atoms. The minimum atomic E-state index is -0.417. The lowest BCUT2D eigenvalue weighted by molar-refractivity contribution is -0.384. The van der Waals surface area contributed by atoms with Crippen molar-refractivity contribution < 1.29 is 4.92 Å². The number of nitrogens with zero attached hydrogens (tertiary/aromatic N) is 1. The first-order valence-corrected chi connectivity index (χ1v) is 20.3. The van der Waals surface area contributed by atoms with E-state index in [4.69, 9.17) is 0 Å². The first-order chi connectivity index (χ1) is 24.6. The number of halogens is 6. The molecule has 258 valence electrons. The van der Waals surface area contributed by atoms with E-state index in [0.29, 0.717) is 0 Å². The topological polar surface area (TPSA) is 43.1 Å². The SMILES string of the molecule is Brc1cc2c3cc(Br)c(Br)cc3c3cc(Br)c(Br)cc3c2cc1Br.C.O=[N+]([O-])c1ccccc1.c1ccc2c(c1)c1ccccc1c1ccccc21. The van der Waals surface area contributed by atoms with Crippen LogP contribution in [0.5, 0.6) is 0 Å². The van der Waals surface area contributed by atoms with Gasteiger partial charge in [0.25, 0.3) is 5.69 Å². The molecule has 0 N–H and O–H groups in total. The maximum absolute atomic E-state index is 10.0. The van der Waals surface area contributed by atoms with E-state index in [2.05, 4.69) is 205 Å². The highest BCUT2D eigenvalue weighted by molar-refractivity contribution is 9.13. The summed E-state index contributed by atoms with van der Waals surface area (Å²) in [4.78, 5) is 9.59. The molecule has 0 saturated heterocycles. The second-order valence-electron chi connectivity index (χ2n) is 11.7. The van der Waals surface area contributed by atoms with Gasteiger partial charge >= 0.3 is 0 Å². The Morgan fingerprint density at radius 3 is 0.692 bits per heavy atom.